The number of rotatable bonds is 2. The fourth-order valence-electron chi connectivity index (χ4n) is 1.93. The lowest BCUT2D eigenvalue weighted by atomic mass is 10.0. The van der Waals surface area contributed by atoms with Crippen LogP contribution in [0.3, 0.4) is 0 Å². The first-order valence-electron chi connectivity index (χ1n) is 6.39. The first kappa shape index (κ1) is 15.0. The normalized spacial score (nSPS) is 10.7. The zero-order valence-corrected chi connectivity index (χ0v) is 13.0. The molecule has 0 N–H and O–H groups in total. The molecule has 0 saturated carbocycles. The number of hydrogen-bond acceptors (Lipinski definition) is 3. The average molecular weight is 265 g/mol. The van der Waals surface area contributed by atoms with Gasteiger partial charge >= 0.3 is 0 Å². The Morgan fingerprint density at radius 3 is 2.00 bits per heavy atom. The molecule has 18 heavy (non-hydrogen) atoms. The van der Waals surface area contributed by atoms with Gasteiger partial charge in [-0.25, -0.2) is 0 Å². The molecule has 100 valence electrons. The van der Waals surface area contributed by atoms with Crippen molar-refractivity contribution in [2.24, 2.45) is 0 Å². The Labute approximate surface area is 114 Å². The van der Waals surface area contributed by atoms with Crippen LogP contribution in [0.25, 0.3) is 0 Å². The summed E-state index contributed by atoms with van der Waals surface area (Å²) in [6.45, 7) is 12.7. The molecule has 0 saturated heterocycles. The van der Waals surface area contributed by atoms with Gasteiger partial charge in [-0.1, -0.05) is 38.9 Å². The largest absolute Gasteiger partial charge is 0.361 e. The number of thiophene rings is 1. The summed E-state index contributed by atoms with van der Waals surface area (Å²) in [6.07, 6.45) is 0. The molecule has 0 unspecified atom stereocenters. The third kappa shape index (κ3) is 3.98. The molecule has 2 nitrogen and oxygen atoms in total. The van der Waals surface area contributed by atoms with Gasteiger partial charge in [-0.3, -0.25) is 0 Å². The van der Waals surface area contributed by atoms with Gasteiger partial charge in [-0.15, -0.1) is 11.3 Å². The topological polar surface area (TPSA) is 26.0 Å². The molecule has 0 aliphatic rings. The lowest BCUT2D eigenvalue weighted by Crippen LogP contribution is -1.89. The maximum atomic E-state index is 5.01. The minimum atomic E-state index is 0.520. The van der Waals surface area contributed by atoms with Crippen molar-refractivity contribution in [1.82, 2.24) is 5.16 Å². The summed E-state index contributed by atoms with van der Waals surface area (Å²) < 4.78 is 5.01. The van der Waals surface area contributed by atoms with E-state index >= 15 is 0 Å². The van der Waals surface area contributed by atoms with Crippen molar-refractivity contribution in [1.29, 1.82) is 0 Å². The van der Waals surface area contributed by atoms with Crippen LogP contribution < -0.4 is 0 Å². The van der Waals surface area contributed by atoms with Gasteiger partial charge in [-0.2, -0.15) is 0 Å². The standard InChI is InChI=1S/C8H13NO.C7H10S/c1-5(2)8-6(3)9-10-7(8)4;1-6(2)7-4-3-5-8-7/h5H,1-4H3;3-6H,1-2H3. The smallest absolute Gasteiger partial charge is 0.137 e. The van der Waals surface area contributed by atoms with Crippen molar-refractivity contribution < 1.29 is 4.52 Å². The Balaban J connectivity index is 0.000000184. The van der Waals surface area contributed by atoms with Crippen LogP contribution in [-0.4, -0.2) is 5.16 Å². The highest BCUT2D eigenvalue weighted by Crippen LogP contribution is 2.21. The zero-order valence-electron chi connectivity index (χ0n) is 12.2. The SMILES string of the molecule is CC(C)c1cccs1.Cc1noc(C)c1C(C)C. The van der Waals surface area contributed by atoms with Crippen LogP contribution in [0.4, 0.5) is 0 Å². The zero-order chi connectivity index (χ0) is 13.7. The molecule has 0 atom stereocenters. The predicted molar refractivity (Wildman–Crippen MR) is 78.5 cm³/mol. The van der Waals surface area contributed by atoms with E-state index in [1.54, 1.807) is 0 Å². The first-order chi connectivity index (χ1) is 8.43. The van der Waals surface area contributed by atoms with E-state index in [0.717, 1.165) is 11.5 Å². The molecule has 2 rings (SSSR count). The lowest BCUT2D eigenvalue weighted by molar-refractivity contribution is 0.392. The first-order valence-corrected chi connectivity index (χ1v) is 7.27. The molecule has 0 amide bonds. The highest BCUT2D eigenvalue weighted by atomic mass is 32.1. The van der Waals surface area contributed by atoms with E-state index in [1.165, 1.54) is 10.4 Å². The summed E-state index contributed by atoms with van der Waals surface area (Å²) in [5.41, 5.74) is 2.27. The van der Waals surface area contributed by atoms with Gasteiger partial charge in [0, 0.05) is 10.4 Å². The Kier molecular flexibility index (Phi) is 5.60. The molecule has 0 fully saturated rings. The fraction of sp³-hybridized carbons (Fsp3) is 0.533. The average Bonchev–Trinajstić information content (AvgIpc) is 2.89. The Morgan fingerprint density at radius 2 is 1.78 bits per heavy atom. The molecule has 0 radical (unpaired) electrons. The van der Waals surface area contributed by atoms with Crippen molar-refractivity contribution in [3.8, 4) is 0 Å². The second kappa shape index (κ2) is 6.74. The summed E-state index contributed by atoms with van der Waals surface area (Å²) >= 11 is 1.83. The second-order valence-electron chi connectivity index (χ2n) is 5.06. The molecule has 0 aromatic carbocycles. The summed E-state index contributed by atoms with van der Waals surface area (Å²) in [7, 11) is 0. The van der Waals surface area contributed by atoms with E-state index in [9.17, 15) is 0 Å². The van der Waals surface area contributed by atoms with E-state index in [1.807, 2.05) is 25.2 Å². The quantitative estimate of drug-likeness (QED) is 0.737. The van der Waals surface area contributed by atoms with Crippen molar-refractivity contribution >= 4 is 11.3 Å². The summed E-state index contributed by atoms with van der Waals surface area (Å²) in [5.74, 6) is 2.17. The summed E-state index contributed by atoms with van der Waals surface area (Å²) in [6, 6.07) is 4.27. The predicted octanol–water partition coefficient (Wildman–Crippen LogP) is 5.29. The molecule has 0 spiro atoms. The van der Waals surface area contributed by atoms with Crippen LogP contribution in [0.2, 0.25) is 0 Å². The van der Waals surface area contributed by atoms with Crippen LogP contribution in [0.5, 0.6) is 0 Å². The minimum absolute atomic E-state index is 0.520. The molecular formula is C15H23NOS. The fourth-order valence-corrected chi connectivity index (χ4v) is 2.68. The second-order valence-corrected chi connectivity index (χ2v) is 6.04. The molecular weight excluding hydrogens is 242 g/mol. The van der Waals surface area contributed by atoms with Crippen molar-refractivity contribution in [2.45, 2.75) is 53.4 Å². The summed E-state index contributed by atoms with van der Waals surface area (Å²) in [5, 5.41) is 5.98. The number of nitrogens with zero attached hydrogens (tertiary/aromatic N) is 1. The molecule has 3 heteroatoms. The van der Waals surface area contributed by atoms with E-state index in [0.29, 0.717) is 11.8 Å². The van der Waals surface area contributed by atoms with E-state index in [2.05, 4.69) is 50.4 Å². The van der Waals surface area contributed by atoms with E-state index < -0.39 is 0 Å². The van der Waals surface area contributed by atoms with Gasteiger partial charge in [0.15, 0.2) is 0 Å². The molecule has 0 aliphatic heterocycles. The number of aromatic nitrogens is 1. The third-order valence-electron chi connectivity index (χ3n) is 2.78. The van der Waals surface area contributed by atoms with Crippen LogP contribution >= 0.6 is 11.3 Å². The maximum Gasteiger partial charge on any atom is 0.137 e. The van der Waals surface area contributed by atoms with Gasteiger partial charge in [0.25, 0.3) is 0 Å². The van der Waals surface area contributed by atoms with Crippen molar-refractivity contribution in [3.63, 3.8) is 0 Å². The molecule has 2 heterocycles. The number of aryl methyl sites for hydroxylation is 2. The maximum absolute atomic E-state index is 5.01. The Bertz CT molecular complexity index is 435. The highest BCUT2D eigenvalue weighted by molar-refractivity contribution is 7.10. The van der Waals surface area contributed by atoms with E-state index in [-0.39, 0.29) is 0 Å². The Morgan fingerprint density at radius 1 is 1.11 bits per heavy atom. The minimum Gasteiger partial charge on any atom is -0.361 e. The third-order valence-corrected chi connectivity index (χ3v) is 3.95. The van der Waals surface area contributed by atoms with Crippen molar-refractivity contribution in [3.05, 3.63) is 39.4 Å². The van der Waals surface area contributed by atoms with Crippen molar-refractivity contribution in [2.75, 3.05) is 0 Å². The van der Waals surface area contributed by atoms with Gasteiger partial charge in [-0.05, 0) is 37.1 Å². The van der Waals surface area contributed by atoms with Crippen LogP contribution in [-0.2, 0) is 0 Å². The summed E-state index contributed by atoms with van der Waals surface area (Å²) in [4.78, 5) is 1.48. The molecule has 0 aliphatic carbocycles. The van der Waals surface area contributed by atoms with Crippen LogP contribution in [0, 0.1) is 13.8 Å². The lowest BCUT2D eigenvalue weighted by Gasteiger charge is -2.00. The van der Waals surface area contributed by atoms with Gasteiger partial charge in [0.2, 0.25) is 0 Å². The monoisotopic (exact) mass is 265 g/mol. The number of hydrogen-bond donors (Lipinski definition) is 0. The highest BCUT2D eigenvalue weighted by Gasteiger charge is 2.11. The van der Waals surface area contributed by atoms with Gasteiger partial charge in [0.1, 0.15) is 5.76 Å². The van der Waals surface area contributed by atoms with Crippen LogP contribution in [0.15, 0.2) is 22.0 Å². The molecule has 0 bridgehead atoms. The van der Waals surface area contributed by atoms with Gasteiger partial charge in [0.05, 0.1) is 5.69 Å². The Hall–Kier alpha value is -1.09. The molecule has 2 aromatic heterocycles. The molecule has 2 aromatic rings. The van der Waals surface area contributed by atoms with Gasteiger partial charge < -0.3 is 4.52 Å². The van der Waals surface area contributed by atoms with E-state index in [4.69, 9.17) is 4.52 Å². The van der Waals surface area contributed by atoms with Crippen LogP contribution in [0.1, 0.15) is 61.4 Å².